The van der Waals surface area contributed by atoms with Gasteiger partial charge in [0.15, 0.2) is 11.6 Å². The standard InChI is InChI=1S/C18H16BrN3O4/c19-12-7-9-13(10-8-12)26-22(24,25)16-6-3-11-21-17(16)20-15-5-2-1-4-14(15)18(21)23/h1-2,4-5,7-10,16,24H,3,6,11H2. The molecule has 8 heteroatoms. The lowest BCUT2D eigenvalue weighted by molar-refractivity contribution is -1.21. The van der Waals surface area contributed by atoms with E-state index in [1.165, 1.54) is 4.57 Å². The number of aromatic nitrogens is 2. The lowest BCUT2D eigenvalue weighted by atomic mass is 10.1. The Morgan fingerprint density at radius 2 is 1.96 bits per heavy atom. The van der Waals surface area contributed by atoms with Gasteiger partial charge in [0, 0.05) is 17.4 Å². The largest absolute Gasteiger partial charge is 0.554 e. The minimum atomic E-state index is -1.97. The number of hydrogen-bond donors (Lipinski definition) is 1. The molecular weight excluding hydrogens is 402 g/mol. The fraction of sp³-hybridized carbons (Fsp3) is 0.222. The molecule has 1 aromatic heterocycles. The molecule has 2 atom stereocenters. The zero-order valence-electron chi connectivity index (χ0n) is 13.7. The molecule has 26 heavy (non-hydrogen) atoms. The molecule has 0 amide bonds. The van der Waals surface area contributed by atoms with Crippen molar-refractivity contribution in [1.29, 1.82) is 0 Å². The molecule has 3 aromatic rings. The van der Waals surface area contributed by atoms with Crippen LogP contribution in [0.3, 0.4) is 0 Å². The summed E-state index contributed by atoms with van der Waals surface area (Å²) in [5.41, 5.74) is 0.290. The van der Waals surface area contributed by atoms with Crippen LogP contribution in [0.2, 0.25) is 0 Å². The molecule has 0 radical (unpaired) electrons. The van der Waals surface area contributed by atoms with Gasteiger partial charge in [-0.05, 0) is 47.8 Å². The summed E-state index contributed by atoms with van der Waals surface area (Å²) in [5.74, 6) is 0.473. The van der Waals surface area contributed by atoms with Gasteiger partial charge in [0.05, 0.1) is 10.9 Å². The SMILES string of the molecule is O=c1c2ccccc2nc2n1CCCC2[N+]([O-])(O)Oc1ccc(Br)cc1. The second kappa shape index (κ2) is 6.48. The number of benzene rings is 2. The first-order chi connectivity index (χ1) is 12.5. The Morgan fingerprint density at radius 1 is 1.23 bits per heavy atom. The fourth-order valence-corrected chi connectivity index (χ4v) is 3.51. The highest BCUT2D eigenvalue weighted by Gasteiger charge is 2.39. The molecule has 134 valence electrons. The number of fused-ring (bicyclic) bond motifs is 2. The van der Waals surface area contributed by atoms with E-state index in [0.717, 1.165) is 4.47 Å². The Hall–Kier alpha value is -2.26. The summed E-state index contributed by atoms with van der Waals surface area (Å²) >= 11 is 3.30. The fourth-order valence-electron chi connectivity index (χ4n) is 3.25. The highest BCUT2D eigenvalue weighted by Crippen LogP contribution is 2.34. The van der Waals surface area contributed by atoms with Crippen molar-refractivity contribution in [3.05, 3.63) is 74.4 Å². The zero-order chi connectivity index (χ0) is 18.3. The predicted octanol–water partition coefficient (Wildman–Crippen LogP) is 3.69. The molecule has 2 heterocycles. The molecule has 2 aromatic carbocycles. The van der Waals surface area contributed by atoms with Gasteiger partial charge in [-0.25, -0.2) is 4.98 Å². The predicted molar refractivity (Wildman–Crippen MR) is 98.2 cm³/mol. The van der Waals surface area contributed by atoms with Crippen LogP contribution in [0, 0.1) is 5.21 Å². The summed E-state index contributed by atoms with van der Waals surface area (Å²) in [6.07, 6.45) is 0.936. The van der Waals surface area contributed by atoms with E-state index in [1.54, 1.807) is 48.5 Å². The van der Waals surface area contributed by atoms with Gasteiger partial charge in [-0.3, -0.25) is 14.2 Å². The van der Waals surface area contributed by atoms with E-state index in [-0.39, 0.29) is 17.1 Å². The quantitative estimate of drug-likeness (QED) is 0.518. The van der Waals surface area contributed by atoms with E-state index in [2.05, 4.69) is 20.9 Å². The second-order valence-corrected chi connectivity index (χ2v) is 7.13. The summed E-state index contributed by atoms with van der Waals surface area (Å²) < 4.78 is 2.29. The molecule has 1 aliphatic heterocycles. The van der Waals surface area contributed by atoms with Crippen LogP contribution >= 0.6 is 15.9 Å². The van der Waals surface area contributed by atoms with Crippen molar-refractivity contribution in [1.82, 2.24) is 9.55 Å². The van der Waals surface area contributed by atoms with E-state index in [9.17, 15) is 15.2 Å². The van der Waals surface area contributed by atoms with Crippen LogP contribution in [0.4, 0.5) is 0 Å². The minimum absolute atomic E-state index is 0.209. The van der Waals surface area contributed by atoms with Crippen LogP contribution in [0.25, 0.3) is 10.9 Å². The Morgan fingerprint density at radius 3 is 2.73 bits per heavy atom. The first-order valence-electron chi connectivity index (χ1n) is 8.23. The highest BCUT2D eigenvalue weighted by molar-refractivity contribution is 9.10. The monoisotopic (exact) mass is 417 g/mol. The first-order valence-corrected chi connectivity index (χ1v) is 9.02. The highest BCUT2D eigenvalue weighted by atomic mass is 79.9. The third kappa shape index (κ3) is 3.01. The molecule has 7 nitrogen and oxygen atoms in total. The van der Waals surface area contributed by atoms with Crippen LogP contribution < -0.4 is 10.4 Å². The van der Waals surface area contributed by atoms with Crippen molar-refractivity contribution < 1.29 is 15.0 Å². The topological polar surface area (TPSA) is 87.4 Å². The number of nitrogens with zero attached hydrogens (tertiary/aromatic N) is 3. The maximum absolute atomic E-state index is 12.8. The Bertz CT molecular complexity index is 1020. The second-order valence-electron chi connectivity index (χ2n) is 6.21. The van der Waals surface area contributed by atoms with E-state index < -0.39 is 11.0 Å². The van der Waals surface area contributed by atoms with Crippen molar-refractivity contribution in [3.63, 3.8) is 0 Å². The average Bonchev–Trinajstić information content (AvgIpc) is 2.63. The maximum atomic E-state index is 12.8. The minimum Gasteiger partial charge on any atom is -0.554 e. The van der Waals surface area contributed by atoms with Crippen LogP contribution in [-0.2, 0) is 6.54 Å². The molecule has 0 spiro atoms. The van der Waals surface area contributed by atoms with Crippen LogP contribution in [0.5, 0.6) is 5.75 Å². The molecule has 0 saturated heterocycles. The first kappa shape index (κ1) is 17.2. The zero-order valence-corrected chi connectivity index (χ0v) is 15.3. The Labute approximate surface area is 157 Å². The molecule has 0 saturated carbocycles. The van der Waals surface area contributed by atoms with Gasteiger partial charge >= 0.3 is 0 Å². The van der Waals surface area contributed by atoms with Gasteiger partial charge in [0.1, 0.15) is 0 Å². The van der Waals surface area contributed by atoms with Gasteiger partial charge in [0.2, 0.25) is 6.04 Å². The van der Waals surface area contributed by atoms with Crippen LogP contribution in [0.15, 0.2) is 57.8 Å². The summed E-state index contributed by atoms with van der Waals surface area (Å²) in [6, 6.07) is 12.5. The average molecular weight is 418 g/mol. The van der Waals surface area contributed by atoms with Crippen LogP contribution in [0.1, 0.15) is 24.7 Å². The number of quaternary nitrogens is 1. The molecule has 0 aliphatic carbocycles. The van der Waals surface area contributed by atoms with Gasteiger partial charge < -0.3 is 5.21 Å². The maximum Gasteiger partial charge on any atom is 0.261 e. The summed E-state index contributed by atoms with van der Waals surface area (Å²) in [7, 11) is 0. The normalized spacial score (nSPS) is 19.0. The number of hydroxylamine groups is 3. The molecule has 1 aliphatic rings. The summed E-state index contributed by atoms with van der Waals surface area (Å²) in [4.78, 5) is 20.5. The van der Waals surface area contributed by atoms with Crippen LogP contribution in [-0.4, -0.2) is 19.7 Å². The van der Waals surface area contributed by atoms with Crippen molar-refractivity contribution in [2.24, 2.45) is 0 Å². The Balaban J connectivity index is 1.77. The summed E-state index contributed by atoms with van der Waals surface area (Å²) in [6.45, 7) is 0.459. The van der Waals surface area contributed by atoms with Crippen molar-refractivity contribution in [2.45, 2.75) is 25.4 Å². The van der Waals surface area contributed by atoms with E-state index in [0.29, 0.717) is 30.3 Å². The molecule has 1 N–H and O–H groups in total. The van der Waals surface area contributed by atoms with Gasteiger partial charge in [-0.2, -0.15) is 5.21 Å². The van der Waals surface area contributed by atoms with Crippen molar-refractivity contribution >= 4 is 26.8 Å². The van der Waals surface area contributed by atoms with Gasteiger partial charge in [-0.1, -0.05) is 28.1 Å². The number of rotatable bonds is 3. The molecular formula is C18H16BrN3O4. The number of hydrogen-bond acceptors (Lipinski definition) is 5. The Kier molecular flexibility index (Phi) is 4.28. The van der Waals surface area contributed by atoms with Crippen molar-refractivity contribution in [3.8, 4) is 5.75 Å². The van der Waals surface area contributed by atoms with E-state index >= 15 is 0 Å². The number of halogens is 1. The van der Waals surface area contributed by atoms with Gasteiger partial charge in [0.25, 0.3) is 5.56 Å². The third-order valence-electron chi connectivity index (χ3n) is 4.49. The molecule has 2 unspecified atom stereocenters. The van der Waals surface area contributed by atoms with Crippen molar-refractivity contribution in [2.75, 3.05) is 0 Å². The third-order valence-corrected chi connectivity index (χ3v) is 5.02. The molecule has 4 rings (SSSR count). The molecule has 0 fully saturated rings. The molecule has 0 bridgehead atoms. The number of para-hydroxylation sites is 1. The smallest absolute Gasteiger partial charge is 0.261 e. The van der Waals surface area contributed by atoms with E-state index in [1.807, 2.05) is 0 Å². The van der Waals surface area contributed by atoms with E-state index in [4.69, 9.17) is 4.84 Å². The lowest BCUT2D eigenvalue weighted by Gasteiger charge is -2.39. The summed E-state index contributed by atoms with van der Waals surface area (Å²) in [5, 5.41) is 23.8. The van der Waals surface area contributed by atoms with Gasteiger partial charge in [-0.15, -0.1) is 0 Å². The lowest BCUT2D eigenvalue weighted by Crippen LogP contribution is -2.49.